The molecule has 110 valence electrons. The molecule has 0 radical (unpaired) electrons. The number of carbonyl (C=O) groups excluding carboxylic acids is 1. The number of rotatable bonds is 4. The van der Waals surface area contributed by atoms with Crippen LogP contribution in [0.4, 0.5) is 0 Å². The summed E-state index contributed by atoms with van der Waals surface area (Å²) in [6.07, 6.45) is 1.25. The van der Waals surface area contributed by atoms with Gasteiger partial charge in [0.25, 0.3) is 5.91 Å². The molecule has 0 aromatic heterocycles. The zero-order chi connectivity index (χ0) is 15.2. The van der Waals surface area contributed by atoms with Crippen LogP contribution >= 0.6 is 0 Å². The molecule has 2 rings (SSSR count). The molecule has 0 aliphatic carbocycles. The molecule has 1 fully saturated rings. The summed E-state index contributed by atoms with van der Waals surface area (Å²) in [5, 5.41) is 11.8. The molecule has 0 spiro atoms. The third-order valence-corrected chi connectivity index (χ3v) is 2.93. The molecule has 5 nitrogen and oxygen atoms in total. The monoisotopic (exact) mass is 286 g/mol. The van der Waals surface area contributed by atoms with Crippen LogP contribution in [0.2, 0.25) is 0 Å². The molecule has 5 heteroatoms. The largest absolute Gasteiger partial charge is 0.349 e. The molecule has 0 saturated carbocycles. The molecule has 1 aliphatic rings. The average molecular weight is 286 g/mol. The smallest absolute Gasteiger partial charge is 0.262 e. The van der Waals surface area contributed by atoms with E-state index in [9.17, 15) is 4.79 Å². The van der Waals surface area contributed by atoms with Crippen LogP contribution in [-0.2, 0) is 14.3 Å². The summed E-state index contributed by atoms with van der Waals surface area (Å²) in [5.41, 5.74) is 1.80. The van der Waals surface area contributed by atoms with Gasteiger partial charge in [-0.15, -0.1) is 0 Å². The fraction of sp³-hybridized carbons (Fsp3) is 0.375. The van der Waals surface area contributed by atoms with Crippen molar-refractivity contribution < 1.29 is 14.3 Å². The van der Waals surface area contributed by atoms with Crippen molar-refractivity contribution in [2.45, 2.75) is 26.2 Å². The predicted molar refractivity (Wildman–Crippen MR) is 78.0 cm³/mol. The van der Waals surface area contributed by atoms with Crippen molar-refractivity contribution in [2.75, 3.05) is 13.2 Å². The summed E-state index contributed by atoms with van der Waals surface area (Å²) in [6, 6.07) is 9.33. The molecular weight excluding hydrogens is 268 g/mol. The minimum Gasteiger partial charge on any atom is -0.349 e. The van der Waals surface area contributed by atoms with Crippen LogP contribution < -0.4 is 5.32 Å². The molecule has 1 heterocycles. The van der Waals surface area contributed by atoms with Gasteiger partial charge in [-0.2, -0.15) is 5.26 Å². The molecule has 0 unspecified atom stereocenters. The lowest BCUT2D eigenvalue weighted by Crippen LogP contribution is -2.30. The van der Waals surface area contributed by atoms with E-state index in [2.05, 4.69) is 5.32 Å². The van der Waals surface area contributed by atoms with E-state index in [4.69, 9.17) is 14.7 Å². The minimum atomic E-state index is -0.362. The van der Waals surface area contributed by atoms with Gasteiger partial charge in [0.2, 0.25) is 0 Å². The first-order valence-electron chi connectivity index (χ1n) is 6.86. The number of hydrogen-bond donors (Lipinski definition) is 1. The highest BCUT2D eigenvalue weighted by Gasteiger charge is 2.17. The topological polar surface area (TPSA) is 71.4 Å². The third kappa shape index (κ3) is 4.15. The summed E-state index contributed by atoms with van der Waals surface area (Å²) < 4.78 is 10.8. The van der Waals surface area contributed by atoms with E-state index in [1.807, 2.05) is 44.2 Å². The van der Waals surface area contributed by atoms with E-state index in [-0.39, 0.29) is 23.8 Å². The fourth-order valence-electron chi connectivity index (χ4n) is 1.96. The van der Waals surface area contributed by atoms with E-state index >= 15 is 0 Å². The summed E-state index contributed by atoms with van der Waals surface area (Å²) in [4.78, 5) is 11.8. The maximum Gasteiger partial charge on any atom is 0.262 e. The first-order valence-corrected chi connectivity index (χ1v) is 6.86. The Morgan fingerprint density at radius 1 is 1.33 bits per heavy atom. The first-order chi connectivity index (χ1) is 10.1. The third-order valence-electron chi connectivity index (χ3n) is 2.93. The summed E-state index contributed by atoms with van der Waals surface area (Å²) >= 11 is 0. The molecule has 1 saturated heterocycles. The molecule has 1 aromatic rings. The lowest BCUT2D eigenvalue weighted by atomic mass is 10.1. The number of nitriles is 1. The van der Waals surface area contributed by atoms with Crippen molar-refractivity contribution in [3.63, 3.8) is 0 Å². The average Bonchev–Trinajstić information content (AvgIpc) is 2.98. The number of hydrogen-bond acceptors (Lipinski definition) is 4. The zero-order valence-corrected chi connectivity index (χ0v) is 12.1. The van der Waals surface area contributed by atoms with E-state index in [0.29, 0.717) is 13.2 Å². The Morgan fingerprint density at radius 3 is 2.48 bits per heavy atom. The molecule has 0 atom stereocenters. The number of nitrogens with zero attached hydrogens (tertiary/aromatic N) is 1. The maximum absolute atomic E-state index is 11.8. The summed E-state index contributed by atoms with van der Waals surface area (Å²) in [6.45, 7) is 4.90. The van der Waals surface area contributed by atoms with Gasteiger partial charge >= 0.3 is 0 Å². The molecule has 21 heavy (non-hydrogen) atoms. The van der Waals surface area contributed by atoms with Crippen LogP contribution in [-0.4, -0.2) is 25.2 Å². The highest BCUT2D eigenvalue weighted by molar-refractivity contribution is 6.01. The van der Waals surface area contributed by atoms with Crippen molar-refractivity contribution in [1.82, 2.24) is 5.32 Å². The molecular formula is C16H18N2O3. The van der Waals surface area contributed by atoms with Crippen molar-refractivity contribution >= 4 is 12.0 Å². The quantitative estimate of drug-likeness (QED) is 0.680. The van der Waals surface area contributed by atoms with E-state index in [1.54, 1.807) is 6.08 Å². The van der Waals surface area contributed by atoms with Gasteiger partial charge < -0.3 is 14.8 Å². The molecule has 0 bridgehead atoms. The van der Waals surface area contributed by atoms with Crippen LogP contribution in [0.5, 0.6) is 0 Å². The lowest BCUT2D eigenvalue weighted by molar-refractivity contribution is -0.117. The van der Waals surface area contributed by atoms with Crippen LogP contribution in [0.3, 0.4) is 0 Å². The normalized spacial score (nSPS) is 16.0. The molecule has 1 aromatic carbocycles. The van der Waals surface area contributed by atoms with E-state index in [0.717, 1.165) is 11.1 Å². The second kappa shape index (κ2) is 7.02. The highest BCUT2D eigenvalue weighted by Crippen LogP contribution is 2.23. The van der Waals surface area contributed by atoms with E-state index < -0.39 is 0 Å². The maximum atomic E-state index is 11.8. The number of carbonyl (C=O) groups is 1. The van der Waals surface area contributed by atoms with Gasteiger partial charge in [0.1, 0.15) is 11.6 Å². The van der Waals surface area contributed by atoms with E-state index in [1.165, 1.54) is 0 Å². The highest BCUT2D eigenvalue weighted by atomic mass is 16.7. The Hall–Kier alpha value is -2.16. The Labute approximate surface area is 124 Å². The van der Waals surface area contributed by atoms with Gasteiger partial charge in [-0.25, -0.2) is 0 Å². The van der Waals surface area contributed by atoms with Crippen LogP contribution in [0.1, 0.15) is 31.3 Å². The van der Waals surface area contributed by atoms with Gasteiger partial charge in [-0.05, 0) is 25.5 Å². The standard InChI is InChI=1S/C16H18N2O3/c1-11(2)18-15(19)14(10-17)9-12-3-5-13(6-4-12)16-20-7-8-21-16/h3-6,9,11,16H,7-8H2,1-2H3,(H,18,19)/b14-9+. The van der Waals surface area contributed by atoms with Crippen molar-refractivity contribution in [2.24, 2.45) is 0 Å². The first kappa shape index (κ1) is 15.2. The summed E-state index contributed by atoms with van der Waals surface area (Å²) in [5.74, 6) is -0.362. The fourth-order valence-corrected chi connectivity index (χ4v) is 1.96. The Balaban J connectivity index is 2.11. The van der Waals surface area contributed by atoms with Gasteiger partial charge in [0, 0.05) is 11.6 Å². The van der Waals surface area contributed by atoms with Gasteiger partial charge in [0.05, 0.1) is 13.2 Å². The molecule has 1 amide bonds. The Kier molecular flexibility index (Phi) is 5.09. The Morgan fingerprint density at radius 2 is 1.95 bits per heavy atom. The number of amides is 1. The van der Waals surface area contributed by atoms with Crippen LogP contribution in [0.25, 0.3) is 6.08 Å². The summed E-state index contributed by atoms with van der Waals surface area (Å²) in [7, 11) is 0. The SMILES string of the molecule is CC(C)NC(=O)/C(C#N)=C/c1ccc(C2OCCO2)cc1. The number of benzene rings is 1. The second-order valence-corrected chi connectivity index (χ2v) is 5.04. The van der Waals surface area contributed by atoms with Gasteiger partial charge in [-0.1, -0.05) is 24.3 Å². The molecule has 1 N–H and O–H groups in total. The predicted octanol–water partition coefficient (Wildman–Crippen LogP) is 2.16. The van der Waals surface area contributed by atoms with Gasteiger partial charge in [0.15, 0.2) is 6.29 Å². The van der Waals surface area contributed by atoms with Crippen LogP contribution in [0, 0.1) is 11.3 Å². The van der Waals surface area contributed by atoms with Crippen molar-refractivity contribution in [3.05, 3.63) is 41.0 Å². The number of nitrogens with one attached hydrogen (secondary N) is 1. The Bertz CT molecular complexity index is 564. The molecule has 1 aliphatic heterocycles. The minimum absolute atomic E-state index is 0.00621. The van der Waals surface area contributed by atoms with Crippen molar-refractivity contribution in [1.29, 1.82) is 5.26 Å². The number of ether oxygens (including phenoxy) is 2. The zero-order valence-electron chi connectivity index (χ0n) is 12.1. The lowest BCUT2D eigenvalue weighted by Gasteiger charge is -2.09. The second-order valence-electron chi connectivity index (χ2n) is 5.04. The van der Waals surface area contributed by atoms with Crippen LogP contribution in [0.15, 0.2) is 29.8 Å². The van der Waals surface area contributed by atoms with Gasteiger partial charge in [-0.3, -0.25) is 4.79 Å². The van der Waals surface area contributed by atoms with Crippen molar-refractivity contribution in [3.8, 4) is 6.07 Å².